The Morgan fingerprint density at radius 1 is 0.889 bits per heavy atom. The van der Waals surface area contributed by atoms with Crippen LogP contribution in [0.5, 0.6) is 0 Å². The van der Waals surface area contributed by atoms with E-state index in [0.29, 0.717) is 0 Å². The molecule has 0 unspecified atom stereocenters. The van der Waals surface area contributed by atoms with Crippen molar-refractivity contribution in [3.8, 4) is 0 Å². The van der Waals surface area contributed by atoms with Gasteiger partial charge in [-0.1, -0.05) is 53.5 Å². The molecular formula is C15H15Cl2N. The highest BCUT2D eigenvalue weighted by molar-refractivity contribution is 6.31. The largest absolute Gasteiger partial charge is 0.312 e. The van der Waals surface area contributed by atoms with Crippen LogP contribution >= 0.6 is 23.2 Å². The molecule has 2 aromatic rings. The first-order valence-corrected chi connectivity index (χ1v) is 6.70. The van der Waals surface area contributed by atoms with E-state index in [4.69, 9.17) is 23.2 Å². The lowest BCUT2D eigenvalue weighted by Gasteiger charge is -2.06. The molecule has 2 aromatic carbocycles. The van der Waals surface area contributed by atoms with E-state index in [2.05, 4.69) is 11.4 Å². The van der Waals surface area contributed by atoms with Gasteiger partial charge in [-0.05, 0) is 42.3 Å². The zero-order chi connectivity index (χ0) is 12.8. The second-order valence-electron chi connectivity index (χ2n) is 4.14. The van der Waals surface area contributed by atoms with Crippen LogP contribution in [0, 0.1) is 0 Å². The van der Waals surface area contributed by atoms with Gasteiger partial charge in [0.15, 0.2) is 0 Å². The Morgan fingerprint density at radius 2 is 1.61 bits per heavy atom. The first-order chi connectivity index (χ1) is 8.75. The van der Waals surface area contributed by atoms with Crippen molar-refractivity contribution in [2.45, 2.75) is 13.0 Å². The van der Waals surface area contributed by atoms with E-state index in [9.17, 15) is 0 Å². The SMILES string of the molecule is Clc1ccc(CNCCc2ccccc2Cl)cc1. The third-order valence-corrected chi connectivity index (χ3v) is 3.39. The molecule has 1 N–H and O–H groups in total. The zero-order valence-electron chi connectivity index (χ0n) is 10.00. The average Bonchev–Trinajstić information content (AvgIpc) is 2.39. The minimum absolute atomic E-state index is 0.773. The van der Waals surface area contributed by atoms with Crippen molar-refractivity contribution in [2.75, 3.05) is 6.54 Å². The van der Waals surface area contributed by atoms with Crippen molar-refractivity contribution in [1.29, 1.82) is 0 Å². The van der Waals surface area contributed by atoms with E-state index in [1.54, 1.807) is 0 Å². The van der Waals surface area contributed by atoms with Gasteiger partial charge in [0.05, 0.1) is 0 Å². The fourth-order valence-electron chi connectivity index (χ4n) is 1.76. The molecule has 0 radical (unpaired) electrons. The second kappa shape index (κ2) is 6.79. The van der Waals surface area contributed by atoms with Crippen LogP contribution in [0.3, 0.4) is 0 Å². The van der Waals surface area contributed by atoms with Crippen molar-refractivity contribution in [1.82, 2.24) is 5.32 Å². The lowest BCUT2D eigenvalue weighted by Crippen LogP contribution is -2.16. The maximum Gasteiger partial charge on any atom is 0.0438 e. The Hall–Kier alpha value is -1.02. The van der Waals surface area contributed by atoms with Crippen LogP contribution < -0.4 is 5.32 Å². The van der Waals surface area contributed by atoms with Crippen LogP contribution in [0.25, 0.3) is 0 Å². The summed E-state index contributed by atoms with van der Waals surface area (Å²) in [6, 6.07) is 15.8. The predicted octanol–water partition coefficient (Wildman–Crippen LogP) is 4.33. The standard InChI is InChI=1S/C15H15Cl2N/c16-14-7-5-12(6-8-14)11-18-10-9-13-3-1-2-4-15(13)17/h1-8,18H,9-11H2. The highest BCUT2D eigenvalue weighted by Gasteiger charge is 1.98. The summed E-state index contributed by atoms with van der Waals surface area (Å²) in [4.78, 5) is 0. The fraction of sp³-hybridized carbons (Fsp3) is 0.200. The number of benzene rings is 2. The topological polar surface area (TPSA) is 12.0 Å². The van der Waals surface area contributed by atoms with Crippen molar-refractivity contribution in [3.63, 3.8) is 0 Å². The first kappa shape index (κ1) is 13.4. The highest BCUT2D eigenvalue weighted by atomic mass is 35.5. The molecule has 1 nitrogen and oxygen atoms in total. The normalized spacial score (nSPS) is 10.6. The molecule has 0 saturated carbocycles. The van der Waals surface area contributed by atoms with Gasteiger partial charge in [-0.15, -0.1) is 0 Å². The Balaban J connectivity index is 1.76. The zero-order valence-corrected chi connectivity index (χ0v) is 11.5. The summed E-state index contributed by atoms with van der Waals surface area (Å²) in [5.74, 6) is 0. The molecule has 3 heteroatoms. The molecule has 0 spiro atoms. The van der Waals surface area contributed by atoms with E-state index >= 15 is 0 Å². The van der Waals surface area contributed by atoms with Gasteiger partial charge in [-0.2, -0.15) is 0 Å². The molecule has 0 atom stereocenters. The molecule has 2 rings (SSSR count). The molecule has 0 amide bonds. The number of nitrogens with one attached hydrogen (secondary N) is 1. The molecule has 0 heterocycles. The maximum absolute atomic E-state index is 6.10. The van der Waals surface area contributed by atoms with Gasteiger partial charge in [-0.25, -0.2) is 0 Å². The molecule has 94 valence electrons. The summed E-state index contributed by atoms with van der Waals surface area (Å²) in [6.45, 7) is 1.76. The molecule has 0 aliphatic carbocycles. The lowest BCUT2D eigenvalue weighted by molar-refractivity contribution is 0.687. The third kappa shape index (κ3) is 4.02. The number of rotatable bonds is 5. The van der Waals surface area contributed by atoms with Gasteiger partial charge in [0, 0.05) is 16.6 Å². The van der Waals surface area contributed by atoms with Crippen LogP contribution in [0.15, 0.2) is 48.5 Å². The van der Waals surface area contributed by atoms with Gasteiger partial charge >= 0.3 is 0 Å². The molecular weight excluding hydrogens is 265 g/mol. The van der Waals surface area contributed by atoms with Crippen LogP contribution in [-0.2, 0) is 13.0 Å². The van der Waals surface area contributed by atoms with E-state index < -0.39 is 0 Å². The summed E-state index contributed by atoms with van der Waals surface area (Å²) in [5, 5.41) is 5.01. The molecule has 0 saturated heterocycles. The van der Waals surface area contributed by atoms with Crippen molar-refractivity contribution < 1.29 is 0 Å². The minimum Gasteiger partial charge on any atom is -0.312 e. The van der Waals surface area contributed by atoms with Crippen LogP contribution in [0.4, 0.5) is 0 Å². The quantitative estimate of drug-likeness (QED) is 0.804. The minimum atomic E-state index is 0.773. The van der Waals surface area contributed by atoms with E-state index in [1.165, 1.54) is 11.1 Å². The van der Waals surface area contributed by atoms with Gasteiger partial charge in [0.25, 0.3) is 0 Å². The van der Waals surface area contributed by atoms with Crippen LogP contribution in [-0.4, -0.2) is 6.54 Å². The lowest BCUT2D eigenvalue weighted by atomic mass is 10.1. The van der Waals surface area contributed by atoms with E-state index in [-0.39, 0.29) is 0 Å². The Kier molecular flexibility index (Phi) is 5.06. The molecule has 0 fully saturated rings. The van der Waals surface area contributed by atoms with Crippen molar-refractivity contribution in [2.24, 2.45) is 0 Å². The Bertz CT molecular complexity index is 494. The summed E-state index contributed by atoms with van der Waals surface area (Å²) in [5.41, 5.74) is 2.42. The second-order valence-corrected chi connectivity index (χ2v) is 4.99. The summed E-state index contributed by atoms with van der Waals surface area (Å²) >= 11 is 11.9. The van der Waals surface area contributed by atoms with E-state index in [1.807, 2.05) is 42.5 Å². The van der Waals surface area contributed by atoms with Gasteiger partial charge in [0.2, 0.25) is 0 Å². The fourth-order valence-corrected chi connectivity index (χ4v) is 2.12. The monoisotopic (exact) mass is 279 g/mol. The number of hydrogen-bond acceptors (Lipinski definition) is 1. The van der Waals surface area contributed by atoms with E-state index in [0.717, 1.165) is 29.6 Å². The van der Waals surface area contributed by atoms with Crippen molar-refractivity contribution in [3.05, 3.63) is 69.7 Å². The molecule has 18 heavy (non-hydrogen) atoms. The first-order valence-electron chi connectivity index (χ1n) is 5.94. The van der Waals surface area contributed by atoms with Crippen LogP contribution in [0.1, 0.15) is 11.1 Å². The summed E-state index contributed by atoms with van der Waals surface area (Å²) < 4.78 is 0. The molecule has 0 aromatic heterocycles. The Labute approximate surface area is 118 Å². The molecule has 0 aliphatic heterocycles. The van der Waals surface area contributed by atoms with Crippen molar-refractivity contribution >= 4 is 23.2 Å². The molecule has 0 aliphatic rings. The Morgan fingerprint density at radius 3 is 2.33 bits per heavy atom. The van der Waals surface area contributed by atoms with Gasteiger partial charge in [-0.3, -0.25) is 0 Å². The third-order valence-electron chi connectivity index (χ3n) is 2.77. The highest BCUT2D eigenvalue weighted by Crippen LogP contribution is 2.15. The number of hydrogen-bond donors (Lipinski definition) is 1. The summed E-state index contributed by atoms with van der Waals surface area (Å²) in [7, 11) is 0. The van der Waals surface area contributed by atoms with Gasteiger partial charge in [0.1, 0.15) is 0 Å². The molecule has 0 bridgehead atoms. The summed E-state index contributed by atoms with van der Waals surface area (Å²) in [6.07, 6.45) is 0.938. The number of halogens is 2. The predicted molar refractivity (Wildman–Crippen MR) is 78.3 cm³/mol. The average molecular weight is 280 g/mol. The van der Waals surface area contributed by atoms with Gasteiger partial charge < -0.3 is 5.32 Å². The smallest absolute Gasteiger partial charge is 0.0438 e. The van der Waals surface area contributed by atoms with Crippen LogP contribution in [0.2, 0.25) is 10.0 Å². The maximum atomic E-state index is 6.10.